The molecule has 0 aromatic carbocycles. The van der Waals surface area contributed by atoms with Gasteiger partial charge in [-0.3, -0.25) is 0 Å². The molecule has 15 heavy (non-hydrogen) atoms. The van der Waals surface area contributed by atoms with Crippen LogP contribution in [0.3, 0.4) is 0 Å². The van der Waals surface area contributed by atoms with E-state index < -0.39 is 0 Å². The molecule has 0 aliphatic heterocycles. The third-order valence-corrected chi connectivity index (χ3v) is 1.67. The number of ether oxygens (including phenoxy) is 1. The molecule has 0 radical (unpaired) electrons. The van der Waals surface area contributed by atoms with Crippen molar-refractivity contribution in [3.63, 3.8) is 0 Å². The molecule has 0 unspecified atom stereocenters. The van der Waals surface area contributed by atoms with Gasteiger partial charge in [0.15, 0.2) is 0 Å². The molecule has 1 rings (SSSR count). The molecule has 0 amide bonds. The molecule has 0 aliphatic rings. The van der Waals surface area contributed by atoms with Crippen LogP contribution in [0.5, 0.6) is 5.88 Å². The molecule has 0 aliphatic carbocycles. The molecule has 6 nitrogen and oxygen atoms in total. The van der Waals surface area contributed by atoms with Crippen molar-refractivity contribution in [2.24, 2.45) is 0 Å². The zero-order chi connectivity index (χ0) is 11.3. The fraction of sp³-hybridized carbons (Fsp3) is 0.444. The average Bonchev–Trinajstić information content (AvgIpc) is 2.17. The van der Waals surface area contributed by atoms with Crippen LogP contribution in [0.1, 0.15) is 5.56 Å². The van der Waals surface area contributed by atoms with E-state index in [4.69, 9.17) is 15.7 Å². The minimum atomic E-state index is 0.105. The Kier molecular flexibility index (Phi) is 3.83. The Hall–Kier alpha value is -1.87. The molecule has 1 heterocycles. The maximum absolute atomic E-state index is 8.76. The summed E-state index contributed by atoms with van der Waals surface area (Å²) in [5.41, 5.74) is 5.69. The van der Waals surface area contributed by atoms with E-state index in [1.165, 1.54) is 6.20 Å². The highest BCUT2D eigenvalue weighted by Gasteiger charge is 2.06. The quantitative estimate of drug-likeness (QED) is 0.740. The van der Waals surface area contributed by atoms with Crippen LogP contribution in [0, 0.1) is 11.3 Å². The number of hydrogen-bond donors (Lipinski definition) is 1. The molecule has 2 N–H and O–H groups in total. The molecular formula is C9H13N5O. The van der Waals surface area contributed by atoms with Crippen molar-refractivity contribution in [1.29, 1.82) is 5.26 Å². The molecule has 80 valence electrons. The lowest BCUT2D eigenvalue weighted by atomic mass is 10.3. The molecule has 0 saturated heterocycles. The van der Waals surface area contributed by atoms with Crippen LogP contribution in [0.4, 0.5) is 5.95 Å². The van der Waals surface area contributed by atoms with E-state index in [-0.39, 0.29) is 11.8 Å². The van der Waals surface area contributed by atoms with Gasteiger partial charge in [-0.2, -0.15) is 10.2 Å². The second kappa shape index (κ2) is 5.12. The second-order valence-corrected chi connectivity index (χ2v) is 3.21. The van der Waals surface area contributed by atoms with Crippen molar-refractivity contribution in [2.75, 3.05) is 33.0 Å². The van der Waals surface area contributed by atoms with Crippen molar-refractivity contribution in [2.45, 2.75) is 0 Å². The number of hydrogen-bond acceptors (Lipinski definition) is 6. The van der Waals surface area contributed by atoms with Crippen LogP contribution in [-0.4, -0.2) is 42.1 Å². The predicted molar refractivity (Wildman–Crippen MR) is 55.2 cm³/mol. The van der Waals surface area contributed by atoms with Crippen LogP contribution in [0.2, 0.25) is 0 Å². The number of nitrogens with zero attached hydrogens (tertiary/aromatic N) is 4. The number of aromatic nitrogens is 2. The average molecular weight is 207 g/mol. The summed E-state index contributed by atoms with van der Waals surface area (Å²) in [6.45, 7) is 1.20. The van der Waals surface area contributed by atoms with Gasteiger partial charge in [0.25, 0.3) is 0 Å². The van der Waals surface area contributed by atoms with Gasteiger partial charge in [-0.05, 0) is 14.1 Å². The molecule has 6 heteroatoms. The standard InChI is InChI=1S/C9H13N5O/c1-14(2)3-4-15-8-7(5-10)6-12-9(11)13-8/h6H,3-4H2,1-2H3,(H2,11,12,13). The van der Waals surface area contributed by atoms with E-state index in [0.717, 1.165) is 6.54 Å². The summed E-state index contributed by atoms with van der Waals surface area (Å²) in [5.74, 6) is 0.348. The zero-order valence-corrected chi connectivity index (χ0v) is 8.77. The first-order valence-corrected chi connectivity index (χ1v) is 4.43. The monoisotopic (exact) mass is 207 g/mol. The Morgan fingerprint density at radius 1 is 1.60 bits per heavy atom. The highest BCUT2D eigenvalue weighted by molar-refractivity contribution is 5.38. The van der Waals surface area contributed by atoms with Crippen LogP contribution in [0.15, 0.2) is 6.20 Å². The predicted octanol–water partition coefficient (Wildman–Crippen LogP) is -0.129. The van der Waals surface area contributed by atoms with Crippen molar-refractivity contribution < 1.29 is 4.74 Å². The van der Waals surface area contributed by atoms with Crippen LogP contribution in [-0.2, 0) is 0 Å². The summed E-state index contributed by atoms with van der Waals surface area (Å²) in [6.07, 6.45) is 1.35. The lowest BCUT2D eigenvalue weighted by Gasteiger charge is -2.10. The third kappa shape index (κ3) is 3.40. The SMILES string of the molecule is CN(C)CCOc1nc(N)ncc1C#N. The van der Waals surface area contributed by atoms with Crippen molar-refractivity contribution >= 4 is 5.95 Å². The number of nitrogen functional groups attached to an aromatic ring is 1. The van der Waals surface area contributed by atoms with Gasteiger partial charge >= 0.3 is 0 Å². The molecule has 1 aromatic rings. The van der Waals surface area contributed by atoms with Gasteiger partial charge in [-0.25, -0.2) is 4.98 Å². The summed E-state index contributed by atoms with van der Waals surface area (Å²) in [4.78, 5) is 9.52. The molecule has 0 atom stereocenters. The van der Waals surface area contributed by atoms with E-state index in [1.807, 2.05) is 25.1 Å². The van der Waals surface area contributed by atoms with Gasteiger partial charge in [-0.15, -0.1) is 0 Å². The van der Waals surface area contributed by atoms with Crippen LogP contribution < -0.4 is 10.5 Å². The number of rotatable bonds is 4. The number of likely N-dealkylation sites (N-methyl/N-ethyl adjacent to an activating group) is 1. The minimum Gasteiger partial charge on any atom is -0.475 e. The van der Waals surface area contributed by atoms with Gasteiger partial charge in [0.1, 0.15) is 18.2 Å². The normalized spacial score (nSPS) is 10.0. The Balaban J connectivity index is 2.67. The van der Waals surface area contributed by atoms with Gasteiger partial charge in [0, 0.05) is 6.54 Å². The highest BCUT2D eigenvalue weighted by Crippen LogP contribution is 2.13. The summed E-state index contributed by atoms with van der Waals surface area (Å²) in [5, 5.41) is 8.76. The van der Waals surface area contributed by atoms with E-state index >= 15 is 0 Å². The summed E-state index contributed by atoms with van der Waals surface area (Å²) in [7, 11) is 3.87. The first-order chi connectivity index (χ1) is 7.13. The van der Waals surface area contributed by atoms with Crippen molar-refractivity contribution in [3.8, 4) is 11.9 Å². The lowest BCUT2D eigenvalue weighted by Crippen LogP contribution is -2.20. The Labute approximate surface area is 88.3 Å². The Morgan fingerprint density at radius 2 is 2.33 bits per heavy atom. The molecule has 0 saturated carbocycles. The van der Waals surface area contributed by atoms with E-state index in [9.17, 15) is 0 Å². The Bertz CT molecular complexity index is 371. The summed E-state index contributed by atoms with van der Waals surface area (Å²) >= 11 is 0. The molecular weight excluding hydrogens is 194 g/mol. The topological polar surface area (TPSA) is 88.1 Å². The van der Waals surface area contributed by atoms with Gasteiger partial charge in [-0.1, -0.05) is 0 Å². The molecule has 1 aromatic heterocycles. The number of anilines is 1. The second-order valence-electron chi connectivity index (χ2n) is 3.21. The maximum atomic E-state index is 8.76. The van der Waals surface area contributed by atoms with Gasteiger partial charge < -0.3 is 15.4 Å². The maximum Gasteiger partial charge on any atom is 0.236 e. The van der Waals surface area contributed by atoms with E-state index in [2.05, 4.69) is 9.97 Å². The first-order valence-electron chi connectivity index (χ1n) is 4.43. The van der Waals surface area contributed by atoms with Crippen molar-refractivity contribution in [3.05, 3.63) is 11.8 Å². The Morgan fingerprint density at radius 3 is 2.93 bits per heavy atom. The summed E-state index contributed by atoms with van der Waals surface area (Å²) < 4.78 is 5.32. The molecule has 0 bridgehead atoms. The van der Waals surface area contributed by atoms with Gasteiger partial charge in [0.05, 0.1) is 6.20 Å². The fourth-order valence-electron chi connectivity index (χ4n) is 0.891. The first kappa shape index (κ1) is 11.2. The number of nitriles is 1. The minimum absolute atomic E-state index is 0.105. The van der Waals surface area contributed by atoms with E-state index in [0.29, 0.717) is 12.2 Å². The van der Waals surface area contributed by atoms with E-state index in [1.54, 1.807) is 0 Å². The zero-order valence-electron chi connectivity index (χ0n) is 8.77. The van der Waals surface area contributed by atoms with Gasteiger partial charge in [0.2, 0.25) is 11.8 Å². The van der Waals surface area contributed by atoms with Crippen LogP contribution >= 0.6 is 0 Å². The number of nitrogens with two attached hydrogens (primary N) is 1. The van der Waals surface area contributed by atoms with Crippen LogP contribution in [0.25, 0.3) is 0 Å². The largest absolute Gasteiger partial charge is 0.475 e. The molecule has 0 fully saturated rings. The van der Waals surface area contributed by atoms with Crippen molar-refractivity contribution in [1.82, 2.24) is 14.9 Å². The third-order valence-electron chi connectivity index (χ3n) is 1.67. The lowest BCUT2D eigenvalue weighted by molar-refractivity contribution is 0.253. The fourth-order valence-corrected chi connectivity index (χ4v) is 0.891. The highest BCUT2D eigenvalue weighted by atomic mass is 16.5. The summed E-state index contributed by atoms with van der Waals surface area (Å²) in [6, 6.07) is 1.94. The smallest absolute Gasteiger partial charge is 0.236 e. The molecule has 0 spiro atoms.